The van der Waals surface area contributed by atoms with Crippen molar-refractivity contribution in [3.05, 3.63) is 12.7 Å². The van der Waals surface area contributed by atoms with Gasteiger partial charge in [0.05, 0.1) is 12.1 Å². The van der Waals surface area contributed by atoms with Crippen LogP contribution < -0.4 is 0 Å². The maximum atomic E-state index is 11.9. The summed E-state index contributed by atoms with van der Waals surface area (Å²) in [6.07, 6.45) is 2.27. The number of ether oxygens (including phenoxy) is 1. The summed E-state index contributed by atoms with van der Waals surface area (Å²) in [5, 5.41) is 0.0977. The Bertz CT molecular complexity index is 403. The minimum Gasteiger partial charge on any atom is -0.445 e. The zero-order valence-corrected chi connectivity index (χ0v) is 14.7. The molecule has 0 aromatic heterocycles. The number of hydrogen-bond acceptors (Lipinski definition) is 4. The molecule has 1 rings (SSSR count). The highest BCUT2D eigenvalue weighted by Crippen LogP contribution is 2.38. The molecule has 0 radical (unpaired) electrons. The molecule has 0 N–H and O–H groups in total. The van der Waals surface area contributed by atoms with Crippen LogP contribution >= 0.6 is 0 Å². The van der Waals surface area contributed by atoms with E-state index in [-0.39, 0.29) is 17.7 Å². The number of amides is 1. The van der Waals surface area contributed by atoms with E-state index in [1.807, 2.05) is 0 Å². The van der Waals surface area contributed by atoms with Gasteiger partial charge < -0.3 is 14.0 Å². The minimum absolute atomic E-state index is 0.0977. The SMILES string of the molecule is C=CCOC(=O)N1C[C@H](O[Si](C)(C)C(C)(C)C)C[C@H]1C=O. The summed E-state index contributed by atoms with van der Waals surface area (Å²) >= 11 is 0. The number of likely N-dealkylation sites (tertiary alicyclic amines) is 1. The second-order valence-electron chi connectivity index (χ2n) is 6.96. The number of carbonyl (C=O) groups excluding carboxylic acids is 2. The van der Waals surface area contributed by atoms with Gasteiger partial charge in [-0.3, -0.25) is 4.90 Å². The molecule has 0 aliphatic carbocycles. The Morgan fingerprint density at radius 1 is 1.43 bits per heavy atom. The van der Waals surface area contributed by atoms with Gasteiger partial charge in [-0.15, -0.1) is 0 Å². The molecule has 0 aromatic carbocycles. The zero-order valence-electron chi connectivity index (χ0n) is 13.7. The van der Waals surface area contributed by atoms with Crippen molar-refractivity contribution in [2.45, 2.75) is 57.5 Å². The third-order valence-electron chi connectivity index (χ3n) is 4.29. The summed E-state index contributed by atoms with van der Waals surface area (Å²) in [5.74, 6) is 0. The van der Waals surface area contributed by atoms with Gasteiger partial charge in [-0.1, -0.05) is 33.4 Å². The van der Waals surface area contributed by atoms with Gasteiger partial charge in [-0.2, -0.15) is 0 Å². The summed E-state index contributed by atoms with van der Waals surface area (Å²) < 4.78 is 11.3. The molecule has 0 unspecified atom stereocenters. The first kappa shape index (κ1) is 17.9. The third kappa shape index (κ3) is 4.41. The first-order valence-electron chi connectivity index (χ1n) is 7.30. The highest BCUT2D eigenvalue weighted by molar-refractivity contribution is 6.74. The number of rotatable bonds is 5. The van der Waals surface area contributed by atoms with E-state index in [1.54, 1.807) is 0 Å². The van der Waals surface area contributed by atoms with Gasteiger partial charge in [0.1, 0.15) is 12.9 Å². The Labute approximate surface area is 128 Å². The molecule has 0 aromatic rings. The van der Waals surface area contributed by atoms with Crippen LogP contribution in [0.5, 0.6) is 0 Å². The van der Waals surface area contributed by atoms with Crippen LogP contribution in [0.2, 0.25) is 18.1 Å². The lowest BCUT2D eigenvalue weighted by Crippen LogP contribution is -2.44. The molecule has 1 amide bonds. The highest BCUT2D eigenvalue weighted by atomic mass is 28.4. The van der Waals surface area contributed by atoms with E-state index in [0.29, 0.717) is 13.0 Å². The summed E-state index contributed by atoms with van der Waals surface area (Å²) in [6.45, 7) is 14.9. The second kappa shape index (κ2) is 6.75. The molecule has 1 fully saturated rings. The quantitative estimate of drug-likeness (QED) is 0.445. The van der Waals surface area contributed by atoms with Crippen LogP contribution in [0.25, 0.3) is 0 Å². The summed E-state index contributed by atoms with van der Waals surface area (Å²) in [4.78, 5) is 24.6. The highest BCUT2D eigenvalue weighted by Gasteiger charge is 2.43. The van der Waals surface area contributed by atoms with E-state index in [4.69, 9.17) is 9.16 Å². The van der Waals surface area contributed by atoms with E-state index in [1.165, 1.54) is 11.0 Å². The zero-order chi connectivity index (χ0) is 16.3. The molecule has 1 heterocycles. The van der Waals surface area contributed by atoms with Gasteiger partial charge >= 0.3 is 6.09 Å². The number of carbonyl (C=O) groups is 2. The molecule has 1 aliphatic rings. The van der Waals surface area contributed by atoms with Gasteiger partial charge in [0.2, 0.25) is 0 Å². The van der Waals surface area contributed by atoms with E-state index in [0.717, 1.165) is 6.29 Å². The number of nitrogens with zero attached hydrogens (tertiary/aromatic N) is 1. The predicted octanol–water partition coefficient (Wildman–Crippen LogP) is 2.97. The van der Waals surface area contributed by atoms with E-state index < -0.39 is 20.5 Å². The van der Waals surface area contributed by atoms with Crippen molar-refractivity contribution in [2.75, 3.05) is 13.2 Å². The van der Waals surface area contributed by atoms with Crippen LogP contribution in [0.15, 0.2) is 12.7 Å². The fourth-order valence-electron chi connectivity index (χ4n) is 2.06. The first-order valence-corrected chi connectivity index (χ1v) is 10.2. The molecule has 120 valence electrons. The van der Waals surface area contributed by atoms with E-state index >= 15 is 0 Å². The second-order valence-corrected chi connectivity index (χ2v) is 11.7. The maximum Gasteiger partial charge on any atom is 0.410 e. The topological polar surface area (TPSA) is 55.8 Å². The Morgan fingerprint density at radius 3 is 2.52 bits per heavy atom. The normalized spacial score (nSPS) is 23.0. The number of hydrogen-bond donors (Lipinski definition) is 0. The van der Waals surface area contributed by atoms with Crippen molar-refractivity contribution in [2.24, 2.45) is 0 Å². The molecule has 6 heteroatoms. The number of aldehydes is 1. The monoisotopic (exact) mass is 313 g/mol. The lowest BCUT2D eigenvalue weighted by atomic mass is 10.2. The fraction of sp³-hybridized carbons (Fsp3) is 0.733. The smallest absolute Gasteiger partial charge is 0.410 e. The third-order valence-corrected chi connectivity index (χ3v) is 8.82. The first-order chi connectivity index (χ1) is 9.62. The van der Waals surface area contributed by atoms with Crippen LogP contribution in [0.3, 0.4) is 0 Å². The molecule has 0 saturated carbocycles. The van der Waals surface area contributed by atoms with Gasteiger partial charge in [-0.05, 0) is 18.1 Å². The molecule has 1 saturated heterocycles. The van der Waals surface area contributed by atoms with Crippen molar-refractivity contribution in [1.82, 2.24) is 4.90 Å². The molecule has 5 nitrogen and oxygen atoms in total. The van der Waals surface area contributed by atoms with Crippen molar-refractivity contribution < 1.29 is 18.8 Å². The molecule has 2 atom stereocenters. The summed E-state index contributed by atoms with van der Waals surface area (Å²) in [5.41, 5.74) is 0. The van der Waals surface area contributed by atoms with Gasteiger partial charge in [0.25, 0.3) is 0 Å². The molecular formula is C15H27NO4Si. The Balaban J connectivity index is 2.71. The summed E-state index contributed by atoms with van der Waals surface area (Å²) in [7, 11) is -1.91. The van der Waals surface area contributed by atoms with Gasteiger partial charge in [0, 0.05) is 13.0 Å². The van der Waals surface area contributed by atoms with Crippen molar-refractivity contribution in [1.29, 1.82) is 0 Å². The van der Waals surface area contributed by atoms with Crippen molar-refractivity contribution >= 4 is 20.7 Å². The minimum atomic E-state index is -1.91. The Kier molecular flexibility index (Phi) is 5.75. The van der Waals surface area contributed by atoms with E-state index in [9.17, 15) is 9.59 Å². The molecule has 0 spiro atoms. The van der Waals surface area contributed by atoms with Crippen LogP contribution in [0, 0.1) is 0 Å². The van der Waals surface area contributed by atoms with E-state index in [2.05, 4.69) is 40.4 Å². The van der Waals surface area contributed by atoms with Crippen LogP contribution in [0.1, 0.15) is 27.2 Å². The van der Waals surface area contributed by atoms with Gasteiger partial charge in [-0.25, -0.2) is 4.79 Å². The van der Waals surface area contributed by atoms with Crippen LogP contribution in [-0.2, 0) is 14.0 Å². The Hall–Kier alpha value is -1.14. The summed E-state index contributed by atoms with van der Waals surface area (Å²) in [6, 6.07) is -0.461. The molecule has 0 bridgehead atoms. The fourth-order valence-corrected chi connectivity index (χ4v) is 3.41. The molecule has 1 aliphatic heterocycles. The molecular weight excluding hydrogens is 286 g/mol. The average molecular weight is 313 g/mol. The average Bonchev–Trinajstić information content (AvgIpc) is 2.76. The largest absolute Gasteiger partial charge is 0.445 e. The van der Waals surface area contributed by atoms with Gasteiger partial charge in [0.15, 0.2) is 8.32 Å². The molecule has 21 heavy (non-hydrogen) atoms. The van der Waals surface area contributed by atoms with Crippen LogP contribution in [-0.4, -0.2) is 50.9 Å². The lowest BCUT2D eigenvalue weighted by molar-refractivity contribution is -0.111. The van der Waals surface area contributed by atoms with Crippen LogP contribution in [0.4, 0.5) is 4.79 Å². The standard InChI is InChI=1S/C15H27NO4Si/c1-7-8-19-14(18)16-10-13(9-12(16)11-17)20-21(5,6)15(2,3)4/h7,11-13H,1,8-10H2,2-6H3/t12-,13+/m0/s1. The predicted molar refractivity (Wildman–Crippen MR) is 84.8 cm³/mol. The van der Waals surface area contributed by atoms with Crippen molar-refractivity contribution in [3.63, 3.8) is 0 Å². The maximum absolute atomic E-state index is 11.9. The van der Waals surface area contributed by atoms with Crippen molar-refractivity contribution in [3.8, 4) is 0 Å². The lowest BCUT2D eigenvalue weighted by Gasteiger charge is -2.38. The Morgan fingerprint density at radius 2 is 2.05 bits per heavy atom.